The molecule has 0 fully saturated rings. The lowest BCUT2D eigenvalue weighted by Gasteiger charge is -2.39. The third-order valence-electron chi connectivity index (χ3n) is 5.14. The third kappa shape index (κ3) is 4.37. The average molecular weight is 373 g/mol. The van der Waals surface area contributed by atoms with Gasteiger partial charge in [0.25, 0.3) is 0 Å². The number of benzene rings is 2. The van der Waals surface area contributed by atoms with Gasteiger partial charge in [0, 0.05) is 5.56 Å². The number of ether oxygens (including phenoxy) is 4. The van der Waals surface area contributed by atoms with E-state index in [0.29, 0.717) is 30.5 Å². The Labute approximate surface area is 162 Å². The molecular weight excluding hydrogens is 342 g/mol. The summed E-state index contributed by atoms with van der Waals surface area (Å²) in [4.78, 5) is 2.23. The maximum atomic E-state index is 6.19. The Kier molecular flexibility index (Phi) is 7.51. The fourth-order valence-corrected chi connectivity index (χ4v) is 3.45. The van der Waals surface area contributed by atoms with Gasteiger partial charge >= 0.3 is 0 Å². The molecule has 0 aliphatic rings. The molecule has 0 bridgehead atoms. The Morgan fingerprint density at radius 2 is 1.52 bits per heavy atom. The molecule has 0 heterocycles. The van der Waals surface area contributed by atoms with Crippen LogP contribution < -0.4 is 14.2 Å². The first-order valence-electron chi connectivity index (χ1n) is 9.12. The Morgan fingerprint density at radius 3 is 2.04 bits per heavy atom. The molecule has 0 aromatic heterocycles. The van der Waals surface area contributed by atoms with Crippen molar-refractivity contribution in [2.45, 2.75) is 25.5 Å². The highest BCUT2D eigenvalue weighted by atomic mass is 16.5. The third-order valence-corrected chi connectivity index (χ3v) is 5.14. The molecule has 0 radical (unpaired) electrons. The molecule has 2 aromatic rings. The normalized spacial score (nSPS) is 13.3. The summed E-state index contributed by atoms with van der Waals surface area (Å²) in [7, 11) is 9.03. The van der Waals surface area contributed by atoms with Crippen LogP contribution >= 0.6 is 0 Å². The molecular formula is C22H31NO4. The zero-order valence-corrected chi connectivity index (χ0v) is 17.2. The van der Waals surface area contributed by atoms with Crippen LogP contribution in [0.3, 0.4) is 0 Å². The largest absolute Gasteiger partial charge is 0.493 e. The van der Waals surface area contributed by atoms with E-state index < -0.39 is 0 Å². The second-order valence-electron chi connectivity index (χ2n) is 6.63. The molecule has 5 heteroatoms. The first-order valence-corrected chi connectivity index (χ1v) is 9.12. The van der Waals surface area contributed by atoms with E-state index in [1.54, 1.807) is 21.3 Å². The molecule has 27 heavy (non-hydrogen) atoms. The molecule has 148 valence electrons. The van der Waals surface area contributed by atoms with Crippen LogP contribution in [0.1, 0.15) is 24.5 Å². The van der Waals surface area contributed by atoms with Crippen molar-refractivity contribution in [3.63, 3.8) is 0 Å². The predicted octanol–water partition coefficient (Wildman–Crippen LogP) is 4.10. The lowest BCUT2D eigenvalue weighted by Crippen LogP contribution is -2.45. The summed E-state index contributed by atoms with van der Waals surface area (Å²) < 4.78 is 22.6. The number of methoxy groups -OCH3 is 3. The predicted molar refractivity (Wildman–Crippen MR) is 108 cm³/mol. The highest BCUT2D eigenvalue weighted by Gasteiger charge is 2.33. The summed E-state index contributed by atoms with van der Waals surface area (Å²) in [5.74, 6) is 1.86. The molecule has 2 rings (SSSR count). The standard InChI is InChI=1S/C22H31NO4/c1-7-22(23(2)3,18-11-9-8-10-12-18)16-27-15-17-13-14-19(24-4)21(26-6)20(17)25-5/h8-14H,7,15-16H2,1-6H3. The molecule has 0 amide bonds. The van der Waals surface area contributed by atoms with E-state index in [1.165, 1.54) is 5.56 Å². The van der Waals surface area contributed by atoms with Gasteiger partial charge in [0.1, 0.15) is 0 Å². The minimum absolute atomic E-state index is 0.189. The van der Waals surface area contributed by atoms with E-state index in [-0.39, 0.29) is 5.54 Å². The van der Waals surface area contributed by atoms with Gasteiger partial charge < -0.3 is 18.9 Å². The van der Waals surface area contributed by atoms with Gasteiger partial charge in [0.2, 0.25) is 5.75 Å². The second-order valence-corrected chi connectivity index (χ2v) is 6.63. The van der Waals surface area contributed by atoms with Crippen LogP contribution in [0.25, 0.3) is 0 Å². The number of hydrogen-bond donors (Lipinski definition) is 0. The summed E-state index contributed by atoms with van der Waals surface area (Å²) in [6.45, 7) is 3.18. The minimum atomic E-state index is -0.189. The lowest BCUT2D eigenvalue weighted by atomic mass is 9.87. The monoisotopic (exact) mass is 373 g/mol. The van der Waals surface area contributed by atoms with E-state index in [9.17, 15) is 0 Å². The SMILES string of the molecule is CCC(COCc1ccc(OC)c(OC)c1OC)(c1ccccc1)N(C)C. The van der Waals surface area contributed by atoms with Gasteiger partial charge in [-0.25, -0.2) is 0 Å². The molecule has 1 unspecified atom stereocenters. The lowest BCUT2D eigenvalue weighted by molar-refractivity contribution is 0.00143. The van der Waals surface area contributed by atoms with Crippen molar-refractivity contribution in [3.05, 3.63) is 53.6 Å². The average Bonchev–Trinajstić information content (AvgIpc) is 2.71. The summed E-state index contributed by atoms with van der Waals surface area (Å²) in [6.07, 6.45) is 0.938. The van der Waals surface area contributed by atoms with Gasteiger partial charge in [-0.05, 0) is 38.2 Å². The highest BCUT2D eigenvalue weighted by Crippen LogP contribution is 2.40. The van der Waals surface area contributed by atoms with Gasteiger partial charge in [-0.2, -0.15) is 0 Å². The smallest absolute Gasteiger partial charge is 0.203 e. The van der Waals surface area contributed by atoms with E-state index in [0.717, 1.165) is 12.0 Å². The Bertz CT molecular complexity index is 718. The second kappa shape index (κ2) is 9.62. The van der Waals surface area contributed by atoms with Gasteiger partial charge in [0.15, 0.2) is 11.5 Å². The van der Waals surface area contributed by atoms with Gasteiger partial charge in [-0.15, -0.1) is 0 Å². The van der Waals surface area contributed by atoms with Gasteiger partial charge in [-0.3, -0.25) is 4.90 Å². The van der Waals surface area contributed by atoms with Crippen LogP contribution in [0.4, 0.5) is 0 Å². The summed E-state index contributed by atoms with van der Waals surface area (Å²) >= 11 is 0. The van der Waals surface area contributed by atoms with Crippen LogP contribution in [0.5, 0.6) is 17.2 Å². The fraction of sp³-hybridized carbons (Fsp3) is 0.455. The Hall–Kier alpha value is -2.24. The van der Waals surface area contributed by atoms with E-state index in [4.69, 9.17) is 18.9 Å². The van der Waals surface area contributed by atoms with Gasteiger partial charge in [0.05, 0.1) is 40.1 Å². The van der Waals surface area contributed by atoms with Crippen molar-refractivity contribution in [1.29, 1.82) is 0 Å². The number of rotatable bonds is 10. The Balaban J connectivity index is 2.23. The zero-order valence-electron chi connectivity index (χ0n) is 17.2. The van der Waals surface area contributed by atoms with Crippen molar-refractivity contribution in [2.24, 2.45) is 0 Å². The minimum Gasteiger partial charge on any atom is -0.493 e. The van der Waals surface area contributed by atoms with Gasteiger partial charge in [-0.1, -0.05) is 37.3 Å². The van der Waals surface area contributed by atoms with Crippen LogP contribution in [-0.2, 0) is 16.9 Å². The van der Waals surface area contributed by atoms with Crippen LogP contribution in [0, 0.1) is 0 Å². The molecule has 5 nitrogen and oxygen atoms in total. The first-order chi connectivity index (χ1) is 13.0. The van der Waals surface area contributed by atoms with Crippen molar-refractivity contribution < 1.29 is 18.9 Å². The molecule has 0 aliphatic carbocycles. The number of hydrogen-bond acceptors (Lipinski definition) is 5. The molecule has 2 aromatic carbocycles. The fourth-order valence-electron chi connectivity index (χ4n) is 3.45. The van der Waals surface area contributed by atoms with Crippen LogP contribution in [0.15, 0.2) is 42.5 Å². The molecule has 0 spiro atoms. The molecule has 0 aliphatic heterocycles. The first kappa shape index (κ1) is 21.1. The molecule has 0 saturated heterocycles. The van der Waals surface area contributed by atoms with E-state index in [2.05, 4.69) is 50.2 Å². The maximum Gasteiger partial charge on any atom is 0.203 e. The molecule has 0 N–H and O–H groups in total. The van der Waals surface area contributed by atoms with Crippen molar-refractivity contribution in [1.82, 2.24) is 4.90 Å². The summed E-state index contributed by atoms with van der Waals surface area (Å²) in [5.41, 5.74) is 1.98. The molecule has 0 saturated carbocycles. The maximum absolute atomic E-state index is 6.19. The quantitative estimate of drug-likeness (QED) is 0.627. The van der Waals surface area contributed by atoms with Crippen LogP contribution in [0.2, 0.25) is 0 Å². The van der Waals surface area contributed by atoms with Crippen molar-refractivity contribution >= 4 is 0 Å². The Morgan fingerprint density at radius 1 is 0.852 bits per heavy atom. The van der Waals surface area contributed by atoms with Crippen molar-refractivity contribution in [3.8, 4) is 17.2 Å². The van der Waals surface area contributed by atoms with Crippen molar-refractivity contribution in [2.75, 3.05) is 42.0 Å². The van der Waals surface area contributed by atoms with E-state index in [1.807, 2.05) is 18.2 Å². The zero-order chi connectivity index (χ0) is 19.9. The van der Waals surface area contributed by atoms with Crippen LogP contribution in [-0.4, -0.2) is 46.9 Å². The number of likely N-dealkylation sites (N-methyl/N-ethyl adjacent to an activating group) is 1. The van der Waals surface area contributed by atoms with E-state index >= 15 is 0 Å². The highest BCUT2D eigenvalue weighted by molar-refractivity contribution is 5.55. The molecule has 1 atom stereocenters. The number of nitrogens with zero attached hydrogens (tertiary/aromatic N) is 1. The summed E-state index contributed by atoms with van der Waals surface area (Å²) in [6, 6.07) is 14.3. The topological polar surface area (TPSA) is 40.2 Å². The summed E-state index contributed by atoms with van der Waals surface area (Å²) in [5, 5.41) is 0.